The summed E-state index contributed by atoms with van der Waals surface area (Å²) in [6.07, 6.45) is 5.61. The molecular formula is C61H47BN6OPt-2. The van der Waals surface area contributed by atoms with Gasteiger partial charge < -0.3 is 23.5 Å². The fourth-order valence-electron chi connectivity index (χ4n) is 10.8. The molecule has 0 unspecified atom stereocenters. The standard InChI is InChI=1S/C61H47BN6O.Pt/c1-60(2,3)41-34-35-63-58(36-41)66-52-33-28-42(62-67(44-20-11-7-12-21-44)53-25-15-16-26-54(53)68(62)45-22-13-8-14-23-45)37-49(52)48-31-29-46(38-56(48)66)69-47-30-32-50-57(39-47)65-40-64(43-18-9-6-10-19-43)55-27-17-24-51(59(55)65)61(50,4)5;/h6-37H,1-5H3;/q-2;. The van der Waals surface area contributed by atoms with E-state index in [4.69, 9.17) is 9.72 Å². The van der Waals surface area contributed by atoms with E-state index in [9.17, 15) is 0 Å². The zero-order valence-electron chi connectivity index (χ0n) is 39.5. The summed E-state index contributed by atoms with van der Waals surface area (Å²) in [5, 5.41) is 2.16. The van der Waals surface area contributed by atoms with Crippen molar-refractivity contribution in [1.82, 2.24) is 14.1 Å². The Kier molecular flexibility index (Phi) is 10.3. The van der Waals surface area contributed by atoms with Gasteiger partial charge in [0.25, 0.3) is 6.33 Å². The monoisotopic (exact) mass is 1090 g/mol. The predicted octanol–water partition coefficient (Wildman–Crippen LogP) is 13.2. The average molecular weight is 1090 g/mol. The van der Waals surface area contributed by atoms with Gasteiger partial charge in [0.15, 0.2) is 0 Å². The number of para-hydroxylation sites is 6. The molecule has 2 aliphatic heterocycles. The van der Waals surface area contributed by atoms with E-state index in [1.807, 2.05) is 24.4 Å². The van der Waals surface area contributed by atoms with Gasteiger partial charge in [0.2, 0.25) is 0 Å². The molecule has 0 amide bonds. The van der Waals surface area contributed by atoms with Crippen LogP contribution in [-0.4, -0.2) is 21.1 Å². The number of fused-ring (bicyclic) bond motifs is 6. The third-order valence-corrected chi connectivity index (χ3v) is 14.2. The molecule has 9 heteroatoms. The fraction of sp³-hybridized carbons (Fsp3) is 0.115. The van der Waals surface area contributed by atoms with E-state index in [0.29, 0.717) is 11.5 Å². The molecule has 0 bridgehead atoms. The van der Waals surface area contributed by atoms with Crippen molar-refractivity contribution in [3.05, 3.63) is 229 Å². The normalized spacial score (nSPS) is 13.7. The van der Waals surface area contributed by atoms with Crippen LogP contribution >= 0.6 is 0 Å². The number of benzene rings is 8. The van der Waals surface area contributed by atoms with Crippen LogP contribution in [-0.2, 0) is 31.9 Å². The van der Waals surface area contributed by atoms with E-state index in [1.54, 1.807) is 0 Å². The summed E-state index contributed by atoms with van der Waals surface area (Å²) in [6, 6.07) is 74.2. The van der Waals surface area contributed by atoms with Gasteiger partial charge in [0.1, 0.15) is 5.82 Å². The summed E-state index contributed by atoms with van der Waals surface area (Å²) in [5.74, 6) is 2.01. The number of nitrogens with zero attached hydrogens (tertiary/aromatic N) is 6. The van der Waals surface area contributed by atoms with Crippen molar-refractivity contribution in [2.75, 3.05) is 9.62 Å². The predicted molar refractivity (Wildman–Crippen MR) is 280 cm³/mol. The minimum Gasteiger partial charge on any atom is -0.510 e. The van der Waals surface area contributed by atoms with Crippen LogP contribution in [0.2, 0.25) is 0 Å². The molecule has 0 atom stereocenters. The second-order valence-electron chi connectivity index (χ2n) is 19.7. The van der Waals surface area contributed by atoms with E-state index in [1.165, 1.54) is 11.1 Å². The summed E-state index contributed by atoms with van der Waals surface area (Å²) < 4.78 is 13.4. The minimum atomic E-state index is -0.280. The Balaban J connectivity index is 0.00000505. The van der Waals surface area contributed by atoms with Crippen LogP contribution in [0.3, 0.4) is 0 Å². The molecule has 0 N–H and O–H groups in total. The first kappa shape index (κ1) is 43.6. The Morgan fingerprint density at radius 2 is 1.26 bits per heavy atom. The number of pyridine rings is 1. The number of imidazole rings is 1. The maximum absolute atomic E-state index is 6.84. The molecule has 0 saturated heterocycles. The first-order valence-corrected chi connectivity index (χ1v) is 23.7. The maximum Gasteiger partial charge on any atom is 0.420 e. The van der Waals surface area contributed by atoms with Crippen molar-refractivity contribution in [2.24, 2.45) is 0 Å². The molecule has 13 rings (SSSR count). The SMILES string of the molecule is CC(C)(C)c1ccnc(-n2c3[c-]c(Oc4[c-]c5c(cc4)C(C)(C)c4cccc6c4n-5[c-][n+]6-c4ccccc4)ccc3c3cc(B4N(c5ccccc5)c5ccccc5N4c4ccccc4)ccc32)c1.[Pt]. The quantitative estimate of drug-likeness (QED) is 0.0906. The average Bonchev–Trinajstić information content (AvgIpc) is 4.05. The third kappa shape index (κ3) is 6.83. The summed E-state index contributed by atoms with van der Waals surface area (Å²) in [7, 11) is 0. The van der Waals surface area contributed by atoms with Crippen LogP contribution in [0.25, 0.3) is 50.0 Å². The first-order valence-electron chi connectivity index (χ1n) is 23.7. The van der Waals surface area contributed by atoms with Crippen molar-refractivity contribution < 1.29 is 30.4 Å². The second kappa shape index (κ2) is 16.5. The van der Waals surface area contributed by atoms with Gasteiger partial charge >= 0.3 is 6.98 Å². The summed E-state index contributed by atoms with van der Waals surface area (Å²) in [4.78, 5) is 9.95. The van der Waals surface area contributed by atoms with Crippen molar-refractivity contribution in [2.45, 2.75) is 45.4 Å². The Labute approximate surface area is 423 Å². The molecule has 2 aliphatic rings. The second-order valence-corrected chi connectivity index (χ2v) is 19.7. The summed E-state index contributed by atoms with van der Waals surface area (Å²) in [6.45, 7) is 11.1. The summed E-state index contributed by atoms with van der Waals surface area (Å²) >= 11 is 0. The third-order valence-electron chi connectivity index (χ3n) is 14.2. The van der Waals surface area contributed by atoms with Crippen LogP contribution < -0.4 is 24.4 Å². The number of ether oxygens (including phenoxy) is 1. The van der Waals surface area contributed by atoms with E-state index in [2.05, 4.69) is 246 Å². The number of rotatable bonds is 7. The molecule has 0 spiro atoms. The van der Waals surface area contributed by atoms with E-state index in [-0.39, 0.29) is 38.9 Å². The van der Waals surface area contributed by atoms with Crippen LogP contribution in [0, 0.1) is 18.5 Å². The zero-order valence-corrected chi connectivity index (χ0v) is 41.7. The number of hydrogen-bond donors (Lipinski definition) is 0. The Morgan fingerprint density at radius 3 is 1.94 bits per heavy atom. The molecule has 3 aromatic heterocycles. The maximum atomic E-state index is 6.84. The Bertz CT molecular complexity index is 3740. The van der Waals surface area contributed by atoms with Crippen LogP contribution in [0.1, 0.15) is 51.3 Å². The number of aromatic nitrogens is 4. The van der Waals surface area contributed by atoms with E-state index >= 15 is 0 Å². The molecule has 7 nitrogen and oxygen atoms in total. The van der Waals surface area contributed by atoms with Gasteiger partial charge in [-0.05, 0) is 105 Å². The minimum absolute atomic E-state index is 0. The Hall–Kier alpha value is -7.67. The Morgan fingerprint density at radius 1 is 0.614 bits per heavy atom. The molecule has 11 aromatic rings. The van der Waals surface area contributed by atoms with Crippen molar-refractivity contribution in [3.8, 4) is 28.7 Å². The van der Waals surface area contributed by atoms with Crippen molar-refractivity contribution in [3.63, 3.8) is 0 Å². The number of hydrogen-bond acceptors (Lipinski definition) is 4. The van der Waals surface area contributed by atoms with Crippen LogP contribution in [0.5, 0.6) is 11.5 Å². The van der Waals surface area contributed by atoms with Gasteiger partial charge in [-0.2, -0.15) is 12.1 Å². The molecule has 8 aromatic carbocycles. The number of anilines is 4. The van der Waals surface area contributed by atoms with Gasteiger partial charge in [0, 0.05) is 55.7 Å². The molecular weight excluding hydrogens is 1040 g/mol. The molecule has 0 aliphatic carbocycles. The van der Waals surface area contributed by atoms with Gasteiger partial charge in [-0.15, -0.1) is 35.2 Å². The molecule has 0 fully saturated rings. The van der Waals surface area contributed by atoms with Gasteiger partial charge in [-0.1, -0.05) is 137 Å². The van der Waals surface area contributed by atoms with Gasteiger partial charge in [-0.3, -0.25) is 4.57 Å². The first-order chi connectivity index (χ1) is 33.6. The molecule has 0 radical (unpaired) electrons. The molecule has 0 saturated carbocycles. The van der Waals surface area contributed by atoms with Gasteiger partial charge in [-0.25, -0.2) is 4.98 Å². The molecule has 5 heterocycles. The fourth-order valence-corrected chi connectivity index (χ4v) is 10.8. The summed E-state index contributed by atoms with van der Waals surface area (Å²) in [5.41, 5.74) is 15.0. The van der Waals surface area contributed by atoms with E-state index in [0.717, 1.165) is 83.8 Å². The van der Waals surface area contributed by atoms with Gasteiger partial charge in [0.05, 0.1) is 28.1 Å². The van der Waals surface area contributed by atoms with Crippen LogP contribution in [0.15, 0.2) is 194 Å². The van der Waals surface area contributed by atoms with E-state index < -0.39 is 0 Å². The van der Waals surface area contributed by atoms with Crippen molar-refractivity contribution in [1.29, 1.82) is 0 Å². The molecule has 342 valence electrons. The molecule has 70 heavy (non-hydrogen) atoms. The largest absolute Gasteiger partial charge is 0.510 e. The zero-order chi connectivity index (χ0) is 46.6. The van der Waals surface area contributed by atoms with Crippen LogP contribution in [0.4, 0.5) is 22.7 Å². The smallest absolute Gasteiger partial charge is 0.420 e. The van der Waals surface area contributed by atoms with Crippen molar-refractivity contribution >= 4 is 68.0 Å². The topological polar surface area (TPSA) is 42.3 Å².